The van der Waals surface area contributed by atoms with Crippen molar-refractivity contribution in [2.75, 3.05) is 33.0 Å². The van der Waals surface area contributed by atoms with Gasteiger partial charge in [-0.05, 0) is 12.8 Å². The molecule has 3 heterocycles. The van der Waals surface area contributed by atoms with Gasteiger partial charge in [-0.3, -0.25) is 4.79 Å². The van der Waals surface area contributed by atoms with Crippen LogP contribution < -0.4 is 0 Å². The van der Waals surface area contributed by atoms with E-state index in [2.05, 4.69) is 9.97 Å². The van der Waals surface area contributed by atoms with Crippen molar-refractivity contribution in [2.24, 2.45) is 0 Å². The van der Waals surface area contributed by atoms with Crippen molar-refractivity contribution in [2.45, 2.75) is 37.3 Å². The molecule has 1 amide bonds. The number of H-pyrrole nitrogens is 1. The third kappa shape index (κ3) is 3.47. The molecule has 134 valence electrons. The van der Waals surface area contributed by atoms with Crippen LogP contribution in [0.2, 0.25) is 0 Å². The van der Waals surface area contributed by atoms with Gasteiger partial charge in [-0.15, -0.1) is 0 Å². The second-order valence-corrected chi connectivity index (χ2v) is 8.48. The molecule has 0 spiro atoms. The Bertz CT molecular complexity index is 668. The molecule has 2 fully saturated rings. The lowest BCUT2D eigenvalue weighted by atomic mass is 9.93. The maximum Gasteiger partial charge on any atom is 0.241 e. The summed E-state index contributed by atoms with van der Waals surface area (Å²) in [7, 11) is -1.88. The van der Waals surface area contributed by atoms with Crippen molar-refractivity contribution in [1.82, 2.24) is 19.2 Å². The van der Waals surface area contributed by atoms with Gasteiger partial charge in [-0.1, -0.05) is 0 Å². The topological polar surface area (TPSA) is 95.6 Å². The molecule has 0 unspecified atom stereocenters. The van der Waals surface area contributed by atoms with Crippen LogP contribution in [-0.2, 0) is 19.6 Å². The first kappa shape index (κ1) is 17.4. The van der Waals surface area contributed by atoms with Crippen LogP contribution >= 0.6 is 0 Å². The summed E-state index contributed by atoms with van der Waals surface area (Å²) in [4.78, 5) is 21.8. The minimum absolute atomic E-state index is 0.108. The van der Waals surface area contributed by atoms with Gasteiger partial charge in [0.2, 0.25) is 15.9 Å². The van der Waals surface area contributed by atoms with Crippen LogP contribution in [0.15, 0.2) is 12.5 Å². The summed E-state index contributed by atoms with van der Waals surface area (Å²) < 4.78 is 30.5. The Morgan fingerprint density at radius 1 is 1.38 bits per heavy atom. The van der Waals surface area contributed by atoms with Gasteiger partial charge in [0.15, 0.2) is 0 Å². The summed E-state index contributed by atoms with van der Waals surface area (Å²) in [5.41, 5.74) is 1.10. The minimum Gasteiger partial charge on any atom is -0.380 e. The summed E-state index contributed by atoms with van der Waals surface area (Å²) in [6, 6.07) is -0.645. The maximum atomic E-state index is 12.9. The fourth-order valence-electron chi connectivity index (χ4n) is 3.64. The second-order valence-electron chi connectivity index (χ2n) is 6.55. The summed E-state index contributed by atoms with van der Waals surface area (Å²) in [5, 5.41) is 0. The van der Waals surface area contributed by atoms with E-state index in [1.807, 2.05) is 6.20 Å². The number of amides is 1. The number of nitrogens with one attached hydrogen (secondary N) is 1. The van der Waals surface area contributed by atoms with E-state index in [1.54, 1.807) is 18.3 Å². The van der Waals surface area contributed by atoms with Gasteiger partial charge in [-0.2, -0.15) is 4.31 Å². The van der Waals surface area contributed by atoms with E-state index in [9.17, 15) is 13.2 Å². The largest absolute Gasteiger partial charge is 0.380 e. The molecule has 24 heavy (non-hydrogen) atoms. The highest BCUT2D eigenvalue weighted by atomic mass is 32.2. The molecule has 0 bridgehead atoms. The number of nitrogens with zero attached hydrogens (tertiary/aromatic N) is 3. The SMILES string of the molecule is CO[C@H]1C[C@H](C(=O)N2CCC(c3cnc[nH]3)CC2)N(S(C)(=O)=O)C1. The van der Waals surface area contributed by atoms with Crippen molar-refractivity contribution < 1.29 is 17.9 Å². The number of piperidine rings is 1. The van der Waals surface area contributed by atoms with E-state index >= 15 is 0 Å². The molecular formula is C15H24N4O4S. The van der Waals surface area contributed by atoms with Crippen molar-refractivity contribution in [3.05, 3.63) is 18.2 Å². The van der Waals surface area contributed by atoms with Gasteiger partial charge in [-0.25, -0.2) is 13.4 Å². The summed E-state index contributed by atoms with van der Waals surface area (Å²) >= 11 is 0. The summed E-state index contributed by atoms with van der Waals surface area (Å²) in [6.45, 7) is 1.51. The van der Waals surface area contributed by atoms with E-state index in [4.69, 9.17) is 4.74 Å². The molecule has 0 aromatic carbocycles. The molecule has 0 aliphatic carbocycles. The van der Waals surface area contributed by atoms with Gasteiger partial charge in [0.1, 0.15) is 6.04 Å². The Morgan fingerprint density at radius 2 is 2.08 bits per heavy atom. The molecule has 1 aromatic rings. The lowest BCUT2D eigenvalue weighted by Crippen LogP contribution is -2.49. The second kappa shape index (κ2) is 6.81. The first-order chi connectivity index (χ1) is 11.4. The molecule has 2 atom stereocenters. The average Bonchev–Trinajstić information content (AvgIpc) is 3.23. The number of ether oxygens (including phenoxy) is 1. The highest BCUT2D eigenvalue weighted by Crippen LogP contribution is 2.29. The highest BCUT2D eigenvalue weighted by Gasteiger charge is 2.43. The third-order valence-electron chi connectivity index (χ3n) is 5.03. The molecule has 1 aromatic heterocycles. The fraction of sp³-hybridized carbons (Fsp3) is 0.733. The average molecular weight is 356 g/mol. The third-order valence-corrected chi connectivity index (χ3v) is 6.28. The molecule has 2 saturated heterocycles. The number of aromatic amines is 1. The highest BCUT2D eigenvalue weighted by molar-refractivity contribution is 7.88. The monoisotopic (exact) mass is 356 g/mol. The first-order valence-electron chi connectivity index (χ1n) is 8.17. The zero-order chi connectivity index (χ0) is 17.3. The number of carbonyl (C=O) groups excluding carboxylic acids is 1. The Balaban J connectivity index is 1.66. The summed E-state index contributed by atoms with van der Waals surface area (Å²) in [6.07, 6.45) is 6.55. The number of methoxy groups -OCH3 is 1. The normalized spacial score (nSPS) is 26.8. The van der Waals surface area contributed by atoms with Gasteiger partial charge >= 0.3 is 0 Å². The van der Waals surface area contributed by atoms with Crippen LogP contribution in [0.3, 0.4) is 0 Å². The van der Waals surface area contributed by atoms with Gasteiger partial charge in [0.25, 0.3) is 0 Å². The molecule has 0 saturated carbocycles. The predicted octanol–water partition coefficient (Wildman–Crippen LogP) is 0.165. The number of hydrogen-bond donors (Lipinski definition) is 1. The van der Waals surface area contributed by atoms with Crippen LogP contribution in [-0.4, -0.2) is 78.6 Å². The molecule has 3 rings (SSSR count). The predicted molar refractivity (Wildman–Crippen MR) is 87.9 cm³/mol. The quantitative estimate of drug-likeness (QED) is 0.829. The molecule has 2 aliphatic heterocycles. The smallest absolute Gasteiger partial charge is 0.241 e. The van der Waals surface area contributed by atoms with Crippen LogP contribution in [0.1, 0.15) is 30.9 Å². The first-order valence-corrected chi connectivity index (χ1v) is 10.0. The number of sulfonamides is 1. The fourth-order valence-corrected chi connectivity index (χ4v) is 4.72. The van der Waals surface area contributed by atoms with Crippen molar-refractivity contribution in [3.63, 3.8) is 0 Å². The van der Waals surface area contributed by atoms with Crippen LogP contribution in [0.5, 0.6) is 0 Å². The van der Waals surface area contributed by atoms with Crippen molar-refractivity contribution in [1.29, 1.82) is 0 Å². The Kier molecular flexibility index (Phi) is 4.93. The Hall–Kier alpha value is -1.45. The number of aromatic nitrogens is 2. The molecular weight excluding hydrogens is 332 g/mol. The lowest BCUT2D eigenvalue weighted by Gasteiger charge is -2.34. The van der Waals surface area contributed by atoms with Crippen LogP contribution in [0.25, 0.3) is 0 Å². The van der Waals surface area contributed by atoms with E-state index in [-0.39, 0.29) is 18.6 Å². The zero-order valence-electron chi connectivity index (χ0n) is 14.0. The Labute approximate surface area is 142 Å². The number of carbonyl (C=O) groups is 1. The van der Waals surface area contributed by atoms with Crippen molar-refractivity contribution >= 4 is 15.9 Å². The molecule has 1 N–H and O–H groups in total. The number of rotatable bonds is 4. The van der Waals surface area contributed by atoms with E-state index in [1.165, 1.54) is 4.31 Å². The Morgan fingerprint density at radius 3 is 2.62 bits per heavy atom. The number of likely N-dealkylation sites (tertiary alicyclic amines) is 1. The molecule has 2 aliphatic rings. The number of hydrogen-bond acceptors (Lipinski definition) is 5. The maximum absolute atomic E-state index is 12.9. The van der Waals surface area contributed by atoms with E-state index < -0.39 is 16.1 Å². The molecule has 0 radical (unpaired) electrons. The van der Waals surface area contributed by atoms with Crippen LogP contribution in [0.4, 0.5) is 0 Å². The standard InChI is InChI=1S/C15H24N4O4S/c1-23-12-7-14(19(9-12)24(2,21)22)15(20)18-5-3-11(4-6-18)13-8-16-10-17-13/h8,10-12,14H,3-7,9H2,1-2H3,(H,16,17)/t12-,14+/m0/s1. The van der Waals surface area contributed by atoms with Gasteiger partial charge in [0.05, 0.1) is 18.7 Å². The zero-order valence-corrected chi connectivity index (χ0v) is 14.8. The van der Waals surface area contributed by atoms with Crippen molar-refractivity contribution in [3.8, 4) is 0 Å². The van der Waals surface area contributed by atoms with E-state index in [0.717, 1.165) is 24.8 Å². The summed E-state index contributed by atoms with van der Waals surface area (Å²) in [5.74, 6) is 0.265. The van der Waals surface area contributed by atoms with Gasteiger partial charge < -0.3 is 14.6 Å². The van der Waals surface area contributed by atoms with Gasteiger partial charge in [0, 0.05) is 51.0 Å². The molecule has 9 heteroatoms. The minimum atomic E-state index is -3.43. The number of imidazole rings is 1. The molecule has 8 nitrogen and oxygen atoms in total. The van der Waals surface area contributed by atoms with E-state index in [0.29, 0.717) is 25.4 Å². The van der Waals surface area contributed by atoms with Crippen LogP contribution in [0, 0.1) is 0 Å². The lowest BCUT2D eigenvalue weighted by molar-refractivity contribution is -0.135.